The number of halogens is 1. The molecule has 4 nitrogen and oxygen atoms in total. The zero-order valence-corrected chi connectivity index (χ0v) is 13.9. The van der Waals surface area contributed by atoms with Crippen LogP contribution in [-0.4, -0.2) is 25.7 Å². The van der Waals surface area contributed by atoms with Crippen molar-refractivity contribution in [2.24, 2.45) is 5.92 Å². The molecule has 20 heavy (non-hydrogen) atoms. The summed E-state index contributed by atoms with van der Waals surface area (Å²) >= 11 is 3.35. The quantitative estimate of drug-likeness (QED) is 0.591. The topological polar surface area (TPSA) is 64.4 Å². The Labute approximate surface area is 129 Å². The lowest BCUT2D eigenvalue weighted by molar-refractivity contribution is 0.0905. The average Bonchev–Trinajstić information content (AvgIpc) is 2.37. The van der Waals surface area contributed by atoms with Gasteiger partial charge in [0.2, 0.25) is 0 Å². The van der Waals surface area contributed by atoms with Gasteiger partial charge in [0, 0.05) is 28.9 Å². The number of carbonyl (C=O) groups is 1. The van der Waals surface area contributed by atoms with Crippen LogP contribution < -0.4 is 11.1 Å². The largest absolute Gasteiger partial charge is 0.398 e. The van der Waals surface area contributed by atoms with Gasteiger partial charge in [-0.05, 0) is 37.0 Å². The lowest BCUT2D eigenvalue weighted by atomic mass is 10.1. The van der Waals surface area contributed by atoms with Gasteiger partial charge in [0.25, 0.3) is 5.91 Å². The number of ether oxygens (including phenoxy) is 1. The summed E-state index contributed by atoms with van der Waals surface area (Å²) in [4.78, 5) is 12.1. The molecule has 0 aliphatic rings. The highest BCUT2D eigenvalue weighted by atomic mass is 79.9. The van der Waals surface area contributed by atoms with Crippen LogP contribution in [0, 0.1) is 12.8 Å². The van der Waals surface area contributed by atoms with Gasteiger partial charge in [-0.25, -0.2) is 0 Å². The number of anilines is 1. The van der Waals surface area contributed by atoms with Crippen molar-refractivity contribution < 1.29 is 9.53 Å². The highest BCUT2D eigenvalue weighted by molar-refractivity contribution is 9.10. The molecule has 0 atom stereocenters. The van der Waals surface area contributed by atoms with Gasteiger partial charge in [0.05, 0.1) is 6.61 Å². The lowest BCUT2D eigenvalue weighted by Crippen LogP contribution is -2.28. The van der Waals surface area contributed by atoms with Gasteiger partial charge in [-0.3, -0.25) is 4.79 Å². The number of carbonyl (C=O) groups excluding carboxylic acids is 1. The smallest absolute Gasteiger partial charge is 0.251 e. The van der Waals surface area contributed by atoms with Crippen molar-refractivity contribution in [3.8, 4) is 0 Å². The molecule has 5 heteroatoms. The summed E-state index contributed by atoms with van der Waals surface area (Å²) < 4.78 is 6.26. The summed E-state index contributed by atoms with van der Waals surface area (Å²) in [5.74, 6) is 0.514. The third-order valence-electron chi connectivity index (χ3n) is 3.03. The van der Waals surface area contributed by atoms with Crippen LogP contribution >= 0.6 is 15.9 Å². The molecule has 0 aliphatic carbocycles. The highest BCUT2D eigenvalue weighted by Gasteiger charge is 2.11. The Hall–Kier alpha value is -1.07. The first-order valence-electron chi connectivity index (χ1n) is 6.83. The minimum absolute atomic E-state index is 0.122. The second kappa shape index (κ2) is 8.27. The first kappa shape index (κ1) is 17.0. The van der Waals surface area contributed by atoms with Crippen LogP contribution in [0.1, 0.15) is 36.2 Å². The van der Waals surface area contributed by atoms with Crippen molar-refractivity contribution >= 4 is 27.5 Å². The Morgan fingerprint density at radius 2 is 2.10 bits per heavy atom. The molecule has 0 unspecified atom stereocenters. The van der Waals surface area contributed by atoms with E-state index in [0.29, 0.717) is 30.3 Å². The van der Waals surface area contributed by atoms with Gasteiger partial charge in [0.15, 0.2) is 0 Å². The van der Waals surface area contributed by atoms with Crippen LogP contribution in [0.25, 0.3) is 0 Å². The Morgan fingerprint density at radius 1 is 1.40 bits per heavy atom. The molecule has 0 spiro atoms. The van der Waals surface area contributed by atoms with Crippen molar-refractivity contribution in [2.45, 2.75) is 27.2 Å². The molecule has 0 saturated heterocycles. The molecule has 1 amide bonds. The third kappa shape index (κ3) is 5.51. The Morgan fingerprint density at radius 3 is 2.75 bits per heavy atom. The van der Waals surface area contributed by atoms with Gasteiger partial charge in [0.1, 0.15) is 0 Å². The Kier molecular flexibility index (Phi) is 7.02. The zero-order valence-electron chi connectivity index (χ0n) is 12.3. The highest BCUT2D eigenvalue weighted by Crippen LogP contribution is 2.22. The van der Waals surface area contributed by atoms with E-state index in [0.717, 1.165) is 23.1 Å². The normalized spacial score (nSPS) is 10.8. The monoisotopic (exact) mass is 342 g/mol. The molecule has 1 aromatic carbocycles. The van der Waals surface area contributed by atoms with Gasteiger partial charge < -0.3 is 15.8 Å². The number of nitrogen functional groups attached to an aromatic ring is 1. The maximum atomic E-state index is 12.1. The lowest BCUT2D eigenvalue weighted by Gasteiger charge is -2.11. The van der Waals surface area contributed by atoms with Crippen LogP contribution in [-0.2, 0) is 4.74 Å². The van der Waals surface area contributed by atoms with Gasteiger partial charge in [-0.2, -0.15) is 0 Å². The predicted molar refractivity (Wildman–Crippen MR) is 85.9 cm³/mol. The number of amides is 1. The third-order valence-corrected chi connectivity index (χ3v) is 3.49. The molecule has 3 N–H and O–H groups in total. The number of hydrogen-bond donors (Lipinski definition) is 2. The van der Waals surface area contributed by atoms with Gasteiger partial charge in [-0.1, -0.05) is 29.8 Å². The zero-order chi connectivity index (χ0) is 15.1. The molecule has 0 saturated carbocycles. The van der Waals surface area contributed by atoms with E-state index in [4.69, 9.17) is 10.5 Å². The summed E-state index contributed by atoms with van der Waals surface area (Å²) in [5.41, 5.74) is 7.85. The molecule has 1 rings (SSSR count). The molecule has 0 aromatic heterocycles. The van der Waals surface area contributed by atoms with E-state index in [1.165, 1.54) is 0 Å². The Bertz CT molecular complexity index is 461. The van der Waals surface area contributed by atoms with Crippen molar-refractivity contribution in [2.75, 3.05) is 25.5 Å². The average molecular weight is 343 g/mol. The van der Waals surface area contributed by atoms with E-state index in [2.05, 4.69) is 35.1 Å². The van der Waals surface area contributed by atoms with Crippen LogP contribution in [0.4, 0.5) is 5.69 Å². The molecule has 0 radical (unpaired) electrons. The summed E-state index contributed by atoms with van der Waals surface area (Å²) in [5, 5.41) is 2.84. The first-order chi connectivity index (χ1) is 9.41. The van der Waals surface area contributed by atoms with Crippen molar-refractivity contribution in [1.82, 2.24) is 5.32 Å². The molecule has 0 aliphatic heterocycles. The summed E-state index contributed by atoms with van der Waals surface area (Å²) in [6.45, 7) is 7.92. The number of hydrogen-bond acceptors (Lipinski definition) is 3. The minimum atomic E-state index is -0.122. The molecule has 0 bridgehead atoms. The fourth-order valence-electron chi connectivity index (χ4n) is 1.69. The second-order valence-corrected chi connectivity index (χ2v) is 6.13. The summed E-state index contributed by atoms with van der Waals surface area (Å²) in [7, 11) is 0. The van der Waals surface area contributed by atoms with E-state index in [9.17, 15) is 4.79 Å². The van der Waals surface area contributed by atoms with Crippen molar-refractivity contribution in [1.29, 1.82) is 0 Å². The molecule has 1 aromatic rings. The molecule has 112 valence electrons. The maximum Gasteiger partial charge on any atom is 0.251 e. The minimum Gasteiger partial charge on any atom is -0.398 e. The predicted octanol–water partition coefficient (Wildman–Crippen LogP) is 3.13. The van der Waals surface area contributed by atoms with Crippen molar-refractivity contribution in [3.63, 3.8) is 0 Å². The van der Waals surface area contributed by atoms with Crippen LogP contribution in [0.5, 0.6) is 0 Å². The molecule has 0 heterocycles. The van der Waals surface area contributed by atoms with Crippen molar-refractivity contribution in [3.05, 3.63) is 27.7 Å². The number of nitrogens with two attached hydrogens (primary N) is 1. The van der Waals surface area contributed by atoms with Crippen LogP contribution in [0.2, 0.25) is 0 Å². The molecular formula is C15H23BrN2O2. The SMILES string of the molecule is Cc1c(N)cc(Br)cc1C(=O)NCCOCCC(C)C. The van der Waals surface area contributed by atoms with E-state index < -0.39 is 0 Å². The second-order valence-electron chi connectivity index (χ2n) is 5.22. The standard InChI is InChI=1S/C15H23BrN2O2/c1-10(2)4-6-20-7-5-18-15(19)13-8-12(16)9-14(17)11(13)3/h8-10H,4-7,17H2,1-3H3,(H,18,19). The van der Waals surface area contributed by atoms with E-state index in [-0.39, 0.29) is 5.91 Å². The fourth-order valence-corrected chi connectivity index (χ4v) is 2.16. The molecule has 0 fully saturated rings. The van der Waals surface area contributed by atoms with E-state index in [1.807, 2.05) is 6.92 Å². The number of benzene rings is 1. The van der Waals surface area contributed by atoms with Crippen LogP contribution in [0.15, 0.2) is 16.6 Å². The Balaban J connectivity index is 2.40. The fraction of sp³-hybridized carbons (Fsp3) is 0.533. The maximum absolute atomic E-state index is 12.1. The van der Waals surface area contributed by atoms with E-state index in [1.54, 1.807) is 12.1 Å². The molecular weight excluding hydrogens is 320 g/mol. The van der Waals surface area contributed by atoms with Gasteiger partial charge in [-0.15, -0.1) is 0 Å². The number of nitrogens with one attached hydrogen (secondary N) is 1. The van der Waals surface area contributed by atoms with Gasteiger partial charge >= 0.3 is 0 Å². The summed E-state index contributed by atoms with van der Waals surface area (Å²) in [6.07, 6.45) is 1.04. The van der Waals surface area contributed by atoms with E-state index >= 15 is 0 Å². The number of rotatable bonds is 7. The van der Waals surface area contributed by atoms with Crippen LogP contribution in [0.3, 0.4) is 0 Å². The first-order valence-corrected chi connectivity index (χ1v) is 7.62. The summed E-state index contributed by atoms with van der Waals surface area (Å²) in [6, 6.07) is 3.57.